The van der Waals surface area contributed by atoms with Crippen LogP contribution in [-0.4, -0.2) is 18.1 Å². The summed E-state index contributed by atoms with van der Waals surface area (Å²) in [7, 11) is 1.37. The minimum Gasteiger partial charge on any atom is -0.464 e. The summed E-state index contributed by atoms with van der Waals surface area (Å²) in [6, 6.07) is 1.79. The van der Waals surface area contributed by atoms with E-state index in [4.69, 9.17) is 0 Å². The van der Waals surface area contributed by atoms with E-state index in [9.17, 15) is 4.79 Å². The Kier molecular flexibility index (Phi) is 3.99. The maximum atomic E-state index is 11.1. The standard InChI is InChI=1S/C8H9Br2NO2/c1-13-8(12)6-2-5(3-9)7(4-10)11-6/h2,11H,3-4H2,1H3. The predicted octanol–water partition coefficient (Wildman–Crippen LogP) is 2.59. The van der Waals surface area contributed by atoms with Gasteiger partial charge in [0.05, 0.1) is 7.11 Å². The highest BCUT2D eigenvalue weighted by Crippen LogP contribution is 2.17. The lowest BCUT2D eigenvalue weighted by Gasteiger charge is -1.93. The summed E-state index contributed by atoms with van der Waals surface area (Å²) >= 11 is 6.67. The Morgan fingerprint density at radius 1 is 1.54 bits per heavy atom. The largest absolute Gasteiger partial charge is 0.464 e. The van der Waals surface area contributed by atoms with Crippen LogP contribution in [0.4, 0.5) is 0 Å². The SMILES string of the molecule is COC(=O)c1cc(CBr)c(CBr)[nH]1. The number of alkyl halides is 2. The van der Waals surface area contributed by atoms with Crippen molar-refractivity contribution < 1.29 is 9.53 Å². The predicted molar refractivity (Wildman–Crippen MR) is 57.4 cm³/mol. The first kappa shape index (κ1) is 10.8. The molecule has 0 aliphatic heterocycles. The first-order valence-corrected chi connectivity index (χ1v) is 5.88. The molecule has 0 aliphatic rings. The van der Waals surface area contributed by atoms with Gasteiger partial charge in [0.15, 0.2) is 0 Å². The number of rotatable bonds is 3. The molecule has 0 saturated carbocycles. The molecule has 5 heteroatoms. The molecule has 0 saturated heterocycles. The van der Waals surface area contributed by atoms with Crippen molar-refractivity contribution in [3.63, 3.8) is 0 Å². The third-order valence-corrected chi connectivity index (χ3v) is 2.84. The molecule has 0 fully saturated rings. The number of aromatic nitrogens is 1. The molecule has 1 aromatic rings. The van der Waals surface area contributed by atoms with Crippen molar-refractivity contribution in [3.05, 3.63) is 23.0 Å². The van der Waals surface area contributed by atoms with Crippen LogP contribution < -0.4 is 0 Å². The average molecular weight is 311 g/mol. The molecular weight excluding hydrogens is 302 g/mol. The number of carbonyl (C=O) groups excluding carboxylic acids is 1. The zero-order chi connectivity index (χ0) is 9.84. The molecule has 1 rings (SSSR count). The van der Waals surface area contributed by atoms with Gasteiger partial charge in [-0.2, -0.15) is 0 Å². The van der Waals surface area contributed by atoms with Gasteiger partial charge >= 0.3 is 5.97 Å². The van der Waals surface area contributed by atoms with Gasteiger partial charge in [0.1, 0.15) is 5.69 Å². The Bertz CT molecular complexity index is 288. The normalized spacial score (nSPS) is 10.1. The smallest absolute Gasteiger partial charge is 0.354 e. The first-order valence-electron chi connectivity index (χ1n) is 3.64. The Morgan fingerprint density at radius 3 is 2.62 bits per heavy atom. The third-order valence-electron chi connectivity index (χ3n) is 1.67. The molecular formula is C8H9Br2NO2. The van der Waals surface area contributed by atoms with Crippen LogP contribution in [0.25, 0.3) is 0 Å². The molecule has 0 bridgehead atoms. The van der Waals surface area contributed by atoms with Crippen LogP contribution in [0.2, 0.25) is 0 Å². The van der Waals surface area contributed by atoms with Gasteiger partial charge in [0.25, 0.3) is 0 Å². The number of nitrogens with one attached hydrogen (secondary N) is 1. The topological polar surface area (TPSA) is 42.1 Å². The van der Waals surface area contributed by atoms with Crippen LogP contribution in [0.15, 0.2) is 6.07 Å². The molecule has 0 unspecified atom stereocenters. The van der Waals surface area contributed by atoms with E-state index in [-0.39, 0.29) is 5.97 Å². The number of carbonyl (C=O) groups is 1. The number of aromatic amines is 1. The number of hydrogen-bond donors (Lipinski definition) is 1. The van der Waals surface area contributed by atoms with E-state index < -0.39 is 0 Å². The van der Waals surface area contributed by atoms with Crippen molar-refractivity contribution in [2.75, 3.05) is 7.11 Å². The first-order chi connectivity index (χ1) is 6.22. The van der Waals surface area contributed by atoms with Gasteiger partial charge in [-0.3, -0.25) is 0 Å². The van der Waals surface area contributed by atoms with Gasteiger partial charge < -0.3 is 9.72 Å². The summed E-state index contributed by atoms with van der Waals surface area (Å²) in [5.74, 6) is -0.339. The van der Waals surface area contributed by atoms with Crippen molar-refractivity contribution in [2.45, 2.75) is 10.7 Å². The number of hydrogen-bond acceptors (Lipinski definition) is 2. The molecule has 72 valence electrons. The zero-order valence-corrected chi connectivity index (χ0v) is 10.2. The van der Waals surface area contributed by atoms with E-state index >= 15 is 0 Å². The van der Waals surface area contributed by atoms with E-state index in [0.29, 0.717) is 11.0 Å². The fourth-order valence-electron chi connectivity index (χ4n) is 0.999. The fourth-order valence-corrected chi connectivity index (χ4v) is 2.00. The molecule has 0 spiro atoms. The highest BCUT2D eigenvalue weighted by Gasteiger charge is 2.12. The number of H-pyrrole nitrogens is 1. The van der Waals surface area contributed by atoms with E-state index in [1.807, 2.05) is 0 Å². The van der Waals surface area contributed by atoms with Crippen molar-refractivity contribution in [1.29, 1.82) is 0 Å². The van der Waals surface area contributed by atoms with E-state index in [2.05, 4.69) is 41.6 Å². The van der Waals surface area contributed by atoms with Gasteiger partial charge in [-0.15, -0.1) is 0 Å². The maximum Gasteiger partial charge on any atom is 0.354 e. The quantitative estimate of drug-likeness (QED) is 0.689. The van der Waals surface area contributed by atoms with Gasteiger partial charge in [0, 0.05) is 16.4 Å². The van der Waals surface area contributed by atoms with Crippen molar-refractivity contribution in [3.8, 4) is 0 Å². The zero-order valence-electron chi connectivity index (χ0n) is 7.06. The summed E-state index contributed by atoms with van der Waals surface area (Å²) in [6.07, 6.45) is 0. The number of halogens is 2. The molecule has 1 heterocycles. The minimum atomic E-state index is -0.339. The summed E-state index contributed by atoms with van der Waals surface area (Å²) < 4.78 is 4.59. The second-order valence-electron chi connectivity index (χ2n) is 2.45. The second-order valence-corrected chi connectivity index (χ2v) is 3.57. The molecule has 3 nitrogen and oxygen atoms in total. The van der Waals surface area contributed by atoms with Crippen molar-refractivity contribution >= 4 is 37.8 Å². The van der Waals surface area contributed by atoms with Crippen LogP contribution >= 0.6 is 31.9 Å². The lowest BCUT2D eigenvalue weighted by molar-refractivity contribution is 0.0594. The molecule has 0 aliphatic carbocycles. The van der Waals surface area contributed by atoms with Crippen LogP contribution in [0.3, 0.4) is 0 Å². The number of esters is 1. The molecule has 0 radical (unpaired) electrons. The van der Waals surface area contributed by atoms with Crippen LogP contribution in [0.5, 0.6) is 0 Å². The third kappa shape index (κ3) is 2.34. The fraction of sp³-hybridized carbons (Fsp3) is 0.375. The molecule has 1 aromatic heterocycles. The van der Waals surface area contributed by atoms with Gasteiger partial charge in [-0.1, -0.05) is 31.9 Å². The monoisotopic (exact) mass is 309 g/mol. The molecule has 0 atom stereocenters. The van der Waals surface area contributed by atoms with E-state index in [0.717, 1.165) is 16.6 Å². The Labute approximate surface area is 93.1 Å². The summed E-state index contributed by atoms with van der Waals surface area (Å²) in [5.41, 5.74) is 2.56. The Hall–Kier alpha value is -0.290. The lowest BCUT2D eigenvalue weighted by Crippen LogP contribution is -2.01. The Morgan fingerprint density at radius 2 is 2.23 bits per heavy atom. The second kappa shape index (κ2) is 4.81. The molecule has 0 aromatic carbocycles. The highest BCUT2D eigenvalue weighted by atomic mass is 79.9. The van der Waals surface area contributed by atoms with Crippen LogP contribution in [0.1, 0.15) is 21.7 Å². The summed E-state index contributed by atoms with van der Waals surface area (Å²) in [6.45, 7) is 0. The van der Waals surface area contributed by atoms with E-state index in [1.165, 1.54) is 7.11 Å². The summed E-state index contributed by atoms with van der Waals surface area (Å²) in [5, 5.41) is 1.42. The molecule has 13 heavy (non-hydrogen) atoms. The number of methoxy groups -OCH3 is 1. The Balaban J connectivity index is 2.99. The van der Waals surface area contributed by atoms with Crippen LogP contribution in [0, 0.1) is 0 Å². The van der Waals surface area contributed by atoms with Crippen molar-refractivity contribution in [1.82, 2.24) is 4.98 Å². The summed E-state index contributed by atoms with van der Waals surface area (Å²) in [4.78, 5) is 14.1. The van der Waals surface area contributed by atoms with Crippen LogP contribution in [-0.2, 0) is 15.4 Å². The molecule has 1 N–H and O–H groups in total. The van der Waals surface area contributed by atoms with E-state index in [1.54, 1.807) is 6.07 Å². The minimum absolute atomic E-state index is 0.339. The lowest BCUT2D eigenvalue weighted by atomic mass is 10.3. The number of ether oxygens (including phenoxy) is 1. The van der Waals surface area contributed by atoms with Crippen molar-refractivity contribution in [2.24, 2.45) is 0 Å². The van der Waals surface area contributed by atoms with Gasteiger partial charge in [-0.25, -0.2) is 4.79 Å². The highest BCUT2D eigenvalue weighted by molar-refractivity contribution is 9.09. The average Bonchev–Trinajstić information content (AvgIpc) is 2.59. The molecule has 0 amide bonds. The van der Waals surface area contributed by atoms with Gasteiger partial charge in [0.2, 0.25) is 0 Å². The maximum absolute atomic E-state index is 11.1. The van der Waals surface area contributed by atoms with Gasteiger partial charge in [-0.05, 0) is 11.6 Å².